The Kier molecular flexibility index (Phi) is 5.18. The van der Waals surface area contributed by atoms with Crippen LogP contribution in [0.25, 0.3) is 0 Å². The van der Waals surface area contributed by atoms with Crippen LogP contribution in [0, 0.1) is 6.92 Å². The van der Waals surface area contributed by atoms with Gasteiger partial charge < -0.3 is 5.32 Å². The minimum absolute atomic E-state index is 0.138. The summed E-state index contributed by atoms with van der Waals surface area (Å²) >= 11 is 3.27. The molecule has 1 aromatic rings. The zero-order valence-corrected chi connectivity index (χ0v) is 14.6. The van der Waals surface area contributed by atoms with E-state index in [1.807, 2.05) is 25.5 Å². The van der Waals surface area contributed by atoms with E-state index in [2.05, 4.69) is 10.0 Å². The van der Waals surface area contributed by atoms with Crippen LogP contribution in [0.4, 0.5) is 0 Å². The van der Waals surface area contributed by atoms with Gasteiger partial charge in [0.25, 0.3) is 0 Å². The van der Waals surface area contributed by atoms with Crippen LogP contribution in [-0.2, 0) is 16.6 Å². The highest BCUT2D eigenvalue weighted by Crippen LogP contribution is 2.46. The van der Waals surface area contributed by atoms with E-state index in [1.54, 1.807) is 11.8 Å². The van der Waals surface area contributed by atoms with Crippen molar-refractivity contribution in [2.75, 3.05) is 19.3 Å². The van der Waals surface area contributed by atoms with Gasteiger partial charge in [-0.2, -0.15) is 11.8 Å². The minimum Gasteiger partial charge on any atom is -0.312 e. The summed E-state index contributed by atoms with van der Waals surface area (Å²) in [4.78, 5) is 1.37. The Morgan fingerprint density at radius 2 is 2.15 bits per heavy atom. The fourth-order valence-corrected chi connectivity index (χ4v) is 5.82. The first-order chi connectivity index (χ1) is 9.44. The molecule has 0 spiro atoms. The van der Waals surface area contributed by atoms with Crippen molar-refractivity contribution in [3.05, 3.63) is 15.8 Å². The van der Waals surface area contributed by atoms with Gasteiger partial charge in [-0.15, -0.1) is 11.3 Å². The third-order valence-corrected chi connectivity index (χ3v) is 7.90. The largest absolute Gasteiger partial charge is 0.312 e. The molecule has 0 amide bonds. The van der Waals surface area contributed by atoms with E-state index in [1.165, 1.54) is 11.3 Å². The quantitative estimate of drug-likeness (QED) is 0.766. The second-order valence-electron chi connectivity index (χ2n) is 5.16. The predicted molar refractivity (Wildman–Crippen MR) is 87.1 cm³/mol. The average Bonchev–Trinajstić information content (AvgIpc) is 3.11. The standard InChI is InChI=1S/C13H22N2O2S3/c1-4-14-7-11-12(10(2)8-19-11)20(16,17)15-9-13(18-3)5-6-13/h8,14-15H,4-7,9H2,1-3H3. The Morgan fingerprint density at radius 1 is 1.45 bits per heavy atom. The molecule has 0 saturated heterocycles. The van der Waals surface area contributed by atoms with Crippen LogP contribution in [0.5, 0.6) is 0 Å². The lowest BCUT2D eigenvalue weighted by atomic mass is 10.3. The molecular weight excluding hydrogens is 312 g/mol. The Balaban J connectivity index is 2.14. The number of thiophene rings is 1. The second-order valence-corrected chi connectivity index (χ2v) is 9.11. The fraction of sp³-hybridized carbons (Fsp3) is 0.692. The molecule has 1 aliphatic carbocycles. The summed E-state index contributed by atoms with van der Waals surface area (Å²) in [6, 6.07) is 0. The monoisotopic (exact) mass is 334 g/mol. The van der Waals surface area contributed by atoms with Crippen molar-refractivity contribution in [2.24, 2.45) is 0 Å². The van der Waals surface area contributed by atoms with Gasteiger partial charge in [-0.1, -0.05) is 6.92 Å². The van der Waals surface area contributed by atoms with E-state index >= 15 is 0 Å². The van der Waals surface area contributed by atoms with Crippen LogP contribution in [-0.4, -0.2) is 32.5 Å². The molecule has 20 heavy (non-hydrogen) atoms. The third-order valence-electron chi connectivity index (χ3n) is 3.62. The molecule has 114 valence electrons. The number of sulfonamides is 1. The summed E-state index contributed by atoms with van der Waals surface area (Å²) in [5, 5.41) is 5.12. The van der Waals surface area contributed by atoms with Gasteiger partial charge in [0, 0.05) is 22.7 Å². The molecule has 0 bridgehead atoms. The van der Waals surface area contributed by atoms with Crippen molar-refractivity contribution < 1.29 is 8.42 Å². The van der Waals surface area contributed by atoms with Gasteiger partial charge in [-0.05, 0) is 43.5 Å². The normalized spacial score (nSPS) is 17.4. The van der Waals surface area contributed by atoms with Crippen LogP contribution in [0.1, 0.15) is 30.2 Å². The fourth-order valence-electron chi connectivity index (χ4n) is 2.10. The minimum atomic E-state index is -3.40. The zero-order chi connectivity index (χ0) is 14.8. The maximum atomic E-state index is 12.5. The Bertz CT molecular complexity index is 562. The van der Waals surface area contributed by atoms with Gasteiger partial charge in [0.1, 0.15) is 4.90 Å². The molecule has 1 saturated carbocycles. The van der Waals surface area contributed by atoms with Crippen molar-refractivity contribution in [1.82, 2.24) is 10.0 Å². The number of hydrogen-bond donors (Lipinski definition) is 2. The van der Waals surface area contributed by atoms with Crippen molar-refractivity contribution in [1.29, 1.82) is 0 Å². The van der Waals surface area contributed by atoms with Gasteiger partial charge in [-0.25, -0.2) is 13.1 Å². The Labute approximate surface area is 129 Å². The van der Waals surface area contributed by atoms with Gasteiger partial charge >= 0.3 is 0 Å². The highest BCUT2D eigenvalue weighted by Gasteiger charge is 2.42. The molecule has 1 fully saturated rings. The first-order valence-electron chi connectivity index (χ1n) is 6.76. The summed E-state index contributed by atoms with van der Waals surface area (Å²) < 4.78 is 28.0. The molecular formula is C13H22N2O2S3. The van der Waals surface area contributed by atoms with E-state index in [9.17, 15) is 8.42 Å². The molecule has 0 aliphatic heterocycles. The maximum Gasteiger partial charge on any atom is 0.242 e. The van der Waals surface area contributed by atoms with Crippen molar-refractivity contribution in [3.63, 3.8) is 0 Å². The molecule has 1 aliphatic rings. The lowest BCUT2D eigenvalue weighted by Crippen LogP contribution is -2.32. The van der Waals surface area contributed by atoms with Gasteiger partial charge in [-0.3, -0.25) is 0 Å². The molecule has 2 rings (SSSR count). The SMILES string of the molecule is CCNCc1scc(C)c1S(=O)(=O)NCC1(SC)CC1. The summed E-state index contributed by atoms with van der Waals surface area (Å²) in [7, 11) is -3.40. The molecule has 1 aromatic heterocycles. The number of rotatable bonds is 8. The lowest BCUT2D eigenvalue weighted by Gasteiger charge is -2.14. The van der Waals surface area contributed by atoms with Crippen LogP contribution < -0.4 is 10.0 Å². The summed E-state index contributed by atoms with van der Waals surface area (Å²) in [5.41, 5.74) is 0.837. The molecule has 4 nitrogen and oxygen atoms in total. The van der Waals surface area contributed by atoms with E-state index in [4.69, 9.17) is 0 Å². The second kappa shape index (κ2) is 6.36. The first-order valence-corrected chi connectivity index (χ1v) is 10.4. The van der Waals surface area contributed by atoms with Crippen LogP contribution in [0.3, 0.4) is 0 Å². The summed E-state index contributed by atoms with van der Waals surface area (Å²) in [6.45, 7) is 5.86. The molecule has 0 radical (unpaired) electrons. The molecule has 0 unspecified atom stereocenters. The van der Waals surface area contributed by atoms with Crippen molar-refractivity contribution in [3.8, 4) is 0 Å². The topological polar surface area (TPSA) is 58.2 Å². The summed E-state index contributed by atoms with van der Waals surface area (Å²) in [5.74, 6) is 0. The van der Waals surface area contributed by atoms with Gasteiger partial charge in [0.2, 0.25) is 10.0 Å². The van der Waals surface area contributed by atoms with Crippen molar-refractivity contribution in [2.45, 2.75) is 42.9 Å². The Hall–Kier alpha value is -0.0800. The van der Waals surface area contributed by atoms with Crippen molar-refractivity contribution >= 4 is 33.1 Å². The first kappa shape index (κ1) is 16.3. The van der Waals surface area contributed by atoms with Gasteiger partial charge in [0.05, 0.1) is 0 Å². The molecule has 0 atom stereocenters. The number of thioether (sulfide) groups is 1. The lowest BCUT2D eigenvalue weighted by molar-refractivity contribution is 0.577. The smallest absolute Gasteiger partial charge is 0.242 e. The summed E-state index contributed by atoms with van der Waals surface area (Å²) in [6.07, 6.45) is 4.25. The third kappa shape index (κ3) is 3.57. The highest BCUT2D eigenvalue weighted by atomic mass is 32.2. The van der Waals surface area contributed by atoms with E-state index in [-0.39, 0.29) is 4.75 Å². The van der Waals surface area contributed by atoms with E-state index < -0.39 is 10.0 Å². The average molecular weight is 335 g/mol. The number of nitrogens with one attached hydrogen (secondary N) is 2. The van der Waals surface area contributed by atoms with Crippen LogP contribution in [0.15, 0.2) is 10.3 Å². The van der Waals surface area contributed by atoms with Gasteiger partial charge in [0.15, 0.2) is 0 Å². The highest BCUT2D eigenvalue weighted by molar-refractivity contribution is 8.00. The van der Waals surface area contributed by atoms with E-state index in [0.29, 0.717) is 18.0 Å². The molecule has 7 heteroatoms. The maximum absolute atomic E-state index is 12.5. The molecule has 0 aromatic carbocycles. The number of hydrogen-bond acceptors (Lipinski definition) is 5. The Morgan fingerprint density at radius 3 is 2.70 bits per heavy atom. The van der Waals surface area contributed by atoms with Crippen LogP contribution in [0.2, 0.25) is 0 Å². The number of aryl methyl sites for hydroxylation is 1. The molecule has 2 N–H and O–H groups in total. The van der Waals surface area contributed by atoms with E-state index in [0.717, 1.165) is 29.8 Å². The van der Waals surface area contributed by atoms with Crippen LogP contribution >= 0.6 is 23.1 Å². The molecule has 1 heterocycles. The predicted octanol–water partition coefficient (Wildman–Crippen LogP) is 2.34. The zero-order valence-electron chi connectivity index (χ0n) is 12.2.